The quantitative estimate of drug-likeness (QED) is 0.741. The van der Waals surface area contributed by atoms with Crippen molar-refractivity contribution in [2.75, 3.05) is 0 Å². The fourth-order valence-corrected chi connectivity index (χ4v) is 7.54. The van der Waals surface area contributed by atoms with Crippen molar-refractivity contribution < 1.29 is 37.6 Å². The Balaban J connectivity index is 1.89. The van der Waals surface area contributed by atoms with E-state index in [0.29, 0.717) is 5.92 Å². The zero-order valence-corrected chi connectivity index (χ0v) is 16.3. The van der Waals surface area contributed by atoms with Gasteiger partial charge in [-0.3, -0.25) is 0 Å². The molecule has 4 heteroatoms. The number of hydrogen-bond acceptors (Lipinski definition) is 3. The average Bonchev–Trinajstić information content (AvgIpc) is 2.73. The van der Waals surface area contributed by atoms with Gasteiger partial charge in [-0.1, -0.05) is 0 Å². The van der Waals surface area contributed by atoms with E-state index in [1.165, 1.54) is 6.92 Å². The van der Waals surface area contributed by atoms with Crippen molar-refractivity contribution in [3.8, 4) is 0 Å². The van der Waals surface area contributed by atoms with Crippen molar-refractivity contribution in [3.05, 3.63) is 35.9 Å². The first-order valence-electron chi connectivity index (χ1n) is 6.51. The molecule has 0 bridgehead atoms. The zero-order chi connectivity index (χ0) is 13.0. The summed E-state index contributed by atoms with van der Waals surface area (Å²) in [6, 6.07) is 9.91. The minimum atomic E-state index is -1.49. The van der Waals surface area contributed by atoms with E-state index in [1.54, 1.807) is 0 Å². The van der Waals surface area contributed by atoms with Gasteiger partial charge in [-0.05, 0) is 0 Å². The van der Waals surface area contributed by atoms with Gasteiger partial charge < -0.3 is 0 Å². The van der Waals surface area contributed by atoms with E-state index in [0.717, 1.165) is 28.8 Å². The van der Waals surface area contributed by atoms with Crippen LogP contribution in [0, 0.1) is 5.92 Å². The van der Waals surface area contributed by atoms with Crippen LogP contribution in [0.25, 0.3) is 0 Å². The SMILES string of the molecule is CC(=O)[O][Hg][CH2]C1CCC(O)(c2ccccc2)C1. The second-order valence-electron chi connectivity index (χ2n) is 5.14. The summed E-state index contributed by atoms with van der Waals surface area (Å²) in [7, 11) is 0. The molecule has 2 unspecified atom stereocenters. The van der Waals surface area contributed by atoms with Gasteiger partial charge in [0.15, 0.2) is 0 Å². The fourth-order valence-electron chi connectivity index (χ4n) is 2.75. The summed E-state index contributed by atoms with van der Waals surface area (Å²) < 4.78 is 6.24. The molecule has 94 valence electrons. The number of carbonyl (C=O) groups excluding carboxylic acids is 1. The Labute approximate surface area is 121 Å². The Morgan fingerprint density at radius 3 is 2.89 bits per heavy atom. The predicted octanol–water partition coefficient (Wildman–Crippen LogP) is 2.65. The molecule has 0 aromatic heterocycles. The third-order valence-electron chi connectivity index (χ3n) is 3.74. The van der Waals surface area contributed by atoms with Crippen molar-refractivity contribution in [1.29, 1.82) is 0 Å². The minimum absolute atomic E-state index is 0.131. The van der Waals surface area contributed by atoms with Crippen LogP contribution in [0.15, 0.2) is 30.3 Å². The van der Waals surface area contributed by atoms with E-state index >= 15 is 0 Å². The van der Waals surface area contributed by atoms with Crippen LogP contribution in [0.3, 0.4) is 0 Å². The molecule has 1 aromatic carbocycles. The summed E-state index contributed by atoms with van der Waals surface area (Å²) in [4.78, 5) is 10.8. The zero-order valence-electron chi connectivity index (χ0n) is 10.8. The van der Waals surface area contributed by atoms with Crippen molar-refractivity contribution in [1.82, 2.24) is 0 Å². The third-order valence-corrected chi connectivity index (χ3v) is 10.2. The Morgan fingerprint density at radius 1 is 1.50 bits per heavy atom. The van der Waals surface area contributed by atoms with Gasteiger partial charge >= 0.3 is 121 Å². The van der Waals surface area contributed by atoms with E-state index in [1.807, 2.05) is 30.3 Å². The molecule has 1 fully saturated rings. The van der Waals surface area contributed by atoms with Crippen LogP contribution in [-0.2, 0) is 38.1 Å². The molecular weight excluding hydrogens is 417 g/mol. The molecule has 0 aliphatic heterocycles. The molecule has 18 heavy (non-hydrogen) atoms. The molecule has 2 atom stereocenters. The van der Waals surface area contributed by atoms with Crippen LogP contribution in [0.1, 0.15) is 31.7 Å². The van der Waals surface area contributed by atoms with Crippen molar-refractivity contribution in [3.63, 3.8) is 0 Å². The van der Waals surface area contributed by atoms with E-state index < -0.39 is 30.6 Å². The Morgan fingerprint density at radius 2 is 2.22 bits per heavy atom. The predicted molar refractivity (Wildman–Crippen MR) is 64.3 cm³/mol. The van der Waals surface area contributed by atoms with E-state index in [9.17, 15) is 9.90 Å². The number of rotatable bonds is 4. The molecule has 0 saturated heterocycles. The van der Waals surface area contributed by atoms with E-state index in [-0.39, 0.29) is 5.97 Å². The molecule has 1 aliphatic carbocycles. The van der Waals surface area contributed by atoms with E-state index in [2.05, 4.69) is 0 Å². The second kappa shape index (κ2) is 6.15. The van der Waals surface area contributed by atoms with Crippen LogP contribution in [0.4, 0.5) is 0 Å². The van der Waals surface area contributed by atoms with Crippen molar-refractivity contribution in [2.24, 2.45) is 5.92 Å². The van der Waals surface area contributed by atoms with E-state index in [4.69, 9.17) is 2.64 Å². The summed E-state index contributed by atoms with van der Waals surface area (Å²) >= 11 is -1.49. The number of aliphatic hydroxyl groups is 1. The monoisotopic (exact) mass is 436 g/mol. The van der Waals surface area contributed by atoms with Gasteiger partial charge in [-0.15, -0.1) is 0 Å². The molecule has 1 N–H and O–H groups in total. The van der Waals surface area contributed by atoms with Gasteiger partial charge in [0.2, 0.25) is 0 Å². The topological polar surface area (TPSA) is 46.5 Å². The van der Waals surface area contributed by atoms with Crippen LogP contribution >= 0.6 is 0 Å². The van der Waals surface area contributed by atoms with Crippen LogP contribution < -0.4 is 0 Å². The summed E-state index contributed by atoms with van der Waals surface area (Å²) in [5, 5.41) is 10.7. The molecule has 1 saturated carbocycles. The first-order chi connectivity index (χ1) is 8.60. The average molecular weight is 435 g/mol. The van der Waals surface area contributed by atoms with Gasteiger partial charge in [-0.25, -0.2) is 0 Å². The molecule has 3 nitrogen and oxygen atoms in total. The Kier molecular flexibility index (Phi) is 4.79. The Bertz CT molecular complexity index is 407. The molecule has 0 spiro atoms. The summed E-state index contributed by atoms with van der Waals surface area (Å²) in [5.41, 5.74) is 0.368. The summed E-state index contributed by atoms with van der Waals surface area (Å²) in [5.74, 6) is 0.407. The van der Waals surface area contributed by atoms with Gasteiger partial charge in [0.25, 0.3) is 0 Å². The first kappa shape index (κ1) is 14.0. The van der Waals surface area contributed by atoms with Gasteiger partial charge in [-0.2, -0.15) is 0 Å². The maximum atomic E-state index is 10.8. The molecule has 1 aliphatic rings. The molecule has 0 amide bonds. The fraction of sp³-hybridized carbons (Fsp3) is 0.500. The molecule has 0 radical (unpaired) electrons. The standard InChI is InChI=1S/C12H15O.C2H4O2.Hg/c1-10-7-8-12(13,9-10)11-5-3-2-4-6-11;1-2(3)4;/h2-6,10,13H,1,7-9H2;1H3,(H,3,4);/q;;+1/p-1. The number of benzene rings is 1. The van der Waals surface area contributed by atoms with Crippen LogP contribution in [-0.4, -0.2) is 11.1 Å². The van der Waals surface area contributed by atoms with Crippen molar-refractivity contribution >= 4 is 5.97 Å². The summed E-state index contributed by atoms with van der Waals surface area (Å²) in [6.07, 6.45) is 2.69. The Hall–Kier alpha value is -0.415. The molecular formula is C14H18HgO3. The second-order valence-corrected chi connectivity index (χ2v) is 10.1. The van der Waals surface area contributed by atoms with Crippen LogP contribution in [0.5, 0.6) is 0 Å². The van der Waals surface area contributed by atoms with Crippen molar-refractivity contribution in [2.45, 2.75) is 35.7 Å². The molecule has 0 heterocycles. The first-order valence-corrected chi connectivity index (χ1v) is 12.6. The van der Waals surface area contributed by atoms with Gasteiger partial charge in [0, 0.05) is 0 Å². The molecule has 1 aromatic rings. The third kappa shape index (κ3) is 3.54. The number of hydrogen-bond donors (Lipinski definition) is 1. The molecule has 2 rings (SSSR count). The summed E-state index contributed by atoms with van der Waals surface area (Å²) in [6.45, 7) is 1.48. The van der Waals surface area contributed by atoms with Crippen LogP contribution in [0.2, 0.25) is 3.93 Å². The number of carbonyl (C=O) groups is 1. The van der Waals surface area contributed by atoms with Gasteiger partial charge in [0.1, 0.15) is 0 Å². The van der Waals surface area contributed by atoms with Gasteiger partial charge in [0.05, 0.1) is 0 Å². The maximum absolute atomic E-state index is 10.8. The normalized spacial score (nSPS) is 26.7.